The average Bonchev–Trinajstić information content (AvgIpc) is 3.59. The monoisotopic (exact) mass is 546 g/mol. The Bertz CT molecular complexity index is 1010. The van der Waals surface area contributed by atoms with Gasteiger partial charge < -0.3 is 22.7 Å². The van der Waals surface area contributed by atoms with Gasteiger partial charge in [-0.2, -0.15) is 25.8 Å². The Hall–Kier alpha value is -3.54. The highest BCUT2D eigenvalue weighted by molar-refractivity contribution is 5.71. The molecule has 0 aliphatic heterocycles. The van der Waals surface area contributed by atoms with Crippen molar-refractivity contribution < 1.29 is 21.8 Å². The molecule has 3 aromatic rings. The van der Waals surface area contributed by atoms with Crippen molar-refractivity contribution in [1.29, 1.82) is 10.5 Å². The lowest BCUT2D eigenvalue weighted by atomic mass is 10.2. The number of aldehydes is 1. The van der Waals surface area contributed by atoms with E-state index in [4.69, 9.17) is 16.3 Å². The van der Waals surface area contributed by atoms with Crippen LogP contribution < -0.4 is 22.7 Å². The summed E-state index contributed by atoms with van der Waals surface area (Å²) >= 11 is 0. The van der Waals surface area contributed by atoms with Crippen LogP contribution in [0.5, 0.6) is 0 Å². The molecule has 3 heterocycles. The van der Waals surface area contributed by atoms with Gasteiger partial charge in [0, 0.05) is 52.2 Å². The Morgan fingerprint density at radius 1 is 0.943 bits per heavy atom. The van der Waals surface area contributed by atoms with Gasteiger partial charge in [-0.3, -0.25) is 18.8 Å². The number of rotatable bonds is 5. The van der Waals surface area contributed by atoms with Gasteiger partial charge >= 0.3 is 0 Å². The van der Waals surface area contributed by atoms with Gasteiger partial charge in [-0.15, -0.1) is 0 Å². The number of carbonyl (C=O) groups is 1. The molecule has 192 valence electrons. The van der Waals surface area contributed by atoms with Crippen LogP contribution in [-0.2, 0) is 27.6 Å². The molecule has 2 N–H and O–H groups in total. The Morgan fingerprint density at radius 3 is 1.74 bits per heavy atom. The molecule has 0 bridgehead atoms. The summed E-state index contributed by atoms with van der Waals surface area (Å²) in [5.41, 5.74) is 7.77. The minimum absolute atomic E-state index is 0. The fraction of sp³-hybridized carbons (Fsp3) is 0.417. The average molecular weight is 548 g/mol. The number of carbonyl (C=O) groups excluding carboxylic acids is 1. The number of aromatic nitrogens is 6. The molecule has 0 saturated carbocycles. The van der Waals surface area contributed by atoms with E-state index >= 15 is 0 Å². The Morgan fingerprint density at radius 2 is 1.43 bits per heavy atom. The van der Waals surface area contributed by atoms with Crippen molar-refractivity contribution in [1.82, 2.24) is 29.3 Å². The molecule has 0 amide bonds. The molecular weight excluding hydrogens is 510 g/mol. The summed E-state index contributed by atoms with van der Waals surface area (Å²) in [6.45, 7) is 6.57. The first-order chi connectivity index (χ1) is 16.4. The number of halogens is 1. The summed E-state index contributed by atoms with van der Waals surface area (Å²) in [5.74, 6) is 0. The molecule has 0 atom stereocenters. The van der Waals surface area contributed by atoms with Gasteiger partial charge in [-0.25, -0.2) is 0 Å². The Labute approximate surface area is 219 Å². The van der Waals surface area contributed by atoms with Gasteiger partial charge in [0.1, 0.15) is 5.69 Å². The van der Waals surface area contributed by atoms with Gasteiger partial charge in [0.15, 0.2) is 6.29 Å². The van der Waals surface area contributed by atoms with Crippen LogP contribution in [0.1, 0.15) is 55.5 Å². The van der Waals surface area contributed by atoms with E-state index in [1.54, 1.807) is 34.8 Å². The maximum Gasteiger partial charge on any atom is 0.170 e. The molecular formula is C24H37BrN9O-. The van der Waals surface area contributed by atoms with E-state index < -0.39 is 0 Å². The summed E-state index contributed by atoms with van der Waals surface area (Å²) in [4.78, 5) is 9.94. The first-order valence-electron chi connectivity index (χ1n) is 11.0. The zero-order valence-electron chi connectivity index (χ0n) is 21.5. The topological polar surface area (TPSA) is 144 Å². The fourth-order valence-electron chi connectivity index (χ4n) is 2.02. The first kappa shape index (κ1) is 36.0. The van der Waals surface area contributed by atoms with Crippen molar-refractivity contribution >= 4 is 12.4 Å². The summed E-state index contributed by atoms with van der Waals surface area (Å²) in [6, 6.07) is 9.35. The van der Waals surface area contributed by atoms with Crippen LogP contribution >= 0.6 is 0 Å². The number of nitrogens with two attached hydrogens (primary N) is 1. The van der Waals surface area contributed by atoms with Gasteiger partial charge in [0.25, 0.3) is 0 Å². The second-order valence-electron chi connectivity index (χ2n) is 6.29. The molecule has 10 nitrogen and oxygen atoms in total. The summed E-state index contributed by atoms with van der Waals surface area (Å²) in [7, 11) is 5.53. The third-order valence-corrected chi connectivity index (χ3v) is 3.48. The molecule has 0 aromatic carbocycles. The second kappa shape index (κ2) is 25.1. The first-order valence-corrected chi connectivity index (χ1v) is 11.0. The lowest BCUT2D eigenvalue weighted by molar-refractivity contribution is -0.0000146. The van der Waals surface area contributed by atoms with Crippen molar-refractivity contribution in [2.45, 2.75) is 40.0 Å². The molecule has 0 spiro atoms. The fourth-order valence-corrected chi connectivity index (χ4v) is 2.02. The molecule has 0 aliphatic rings. The molecule has 0 fully saturated rings. The number of nitrogens with zero attached hydrogens (tertiary/aromatic N) is 8. The van der Waals surface area contributed by atoms with Crippen molar-refractivity contribution in [3.8, 4) is 12.1 Å². The zero-order chi connectivity index (χ0) is 26.2. The van der Waals surface area contributed by atoms with Crippen LogP contribution in [0, 0.1) is 22.7 Å². The summed E-state index contributed by atoms with van der Waals surface area (Å²) in [5, 5.41) is 27.8. The largest absolute Gasteiger partial charge is 1.00 e. The van der Waals surface area contributed by atoms with E-state index in [-0.39, 0.29) is 17.0 Å². The third kappa shape index (κ3) is 20.8. The number of aryl methyl sites for hydroxylation is 4. The lowest BCUT2D eigenvalue weighted by Gasteiger charge is -1.91. The molecule has 0 unspecified atom stereocenters. The SMILES string of the molecule is CC.CCC#N.Cn1ccc(/C=C/C#N)n1.Cn1ccc(C=O)n1.Cn1ccc(CCCN)n1.[Br-]. The van der Waals surface area contributed by atoms with E-state index in [0.29, 0.717) is 12.1 Å². The van der Waals surface area contributed by atoms with Gasteiger partial charge in [0.05, 0.1) is 23.5 Å². The zero-order valence-corrected chi connectivity index (χ0v) is 23.1. The predicted octanol–water partition coefficient (Wildman–Crippen LogP) is 0.451. The number of nitriles is 2. The lowest BCUT2D eigenvalue weighted by Crippen LogP contribution is -3.00. The molecule has 11 heteroatoms. The maximum absolute atomic E-state index is 9.94. The van der Waals surface area contributed by atoms with Crippen LogP contribution in [0.25, 0.3) is 6.08 Å². The van der Waals surface area contributed by atoms with Gasteiger partial charge in [0.2, 0.25) is 0 Å². The molecule has 0 saturated heterocycles. The second-order valence-corrected chi connectivity index (χ2v) is 6.29. The van der Waals surface area contributed by atoms with Crippen molar-refractivity contribution in [3.63, 3.8) is 0 Å². The standard InChI is InChI=1S/C7H13N3.C7H7N3.C5H6N2O.C3H5N.C2H6.BrH/c2*1-10-6-4-7(9-10)3-2-5-8;1-7-3-2-5(4-8)6-7;1-2-3-4;1-2;/h4,6H,2-3,5,8H2,1H3;2-4,6H,1H3;2-4H,1H3;2H2,1H3;1-2H3;1H/p-1/b;3-2+;;;;. The van der Waals surface area contributed by atoms with E-state index in [9.17, 15) is 4.79 Å². The maximum atomic E-state index is 9.94. The van der Waals surface area contributed by atoms with E-state index in [1.807, 2.05) is 76.2 Å². The number of allylic oxidation sites excluding steroid dienone is 1. The smallest absolute Gasteiger partial charge is 0.170 e. The highest BCUT2D eigenvalue weighted by Gasteiger charge is 1.93. The predicted molar refractivity (Wildman–Crippen MR) is 134 cm³/mol. The quantitative estimate of drug-likeness (QED) is 0.361. The van der Waals surface area contributed by atoms with Crippen molar-refractivity contribution in [3.05, 3.63) is 59.9 Å². The molecule has 0 aliphatic carbocycles. The number of hydrogen-bond acceptors (Lipinski definition) is 7. The van der Waals surface area contributed by atoms with Crippen LogP contribution in [0.2, 0.25) is 0 Å². The summed E-state index contributed by atoms with van der Waals surface area (Å²) in [6.07, 6.45) is 11.9. The van der Waals surface area contributed by atoms with Crippen molar-refractivity contribution in [2.24, 2.45) is 26.9 Å². The molecule has 0 radical (unpaired) electrons. The Kier molecular flexibility index (Phi) is 25.8. The van der Waals surface area contributed by atoms with Crippen LogP contribution in [0.15, 0.2) is 42.9 Å². The summed E-state index contributed by atoms with van der Waals surface area (Å²) < 4.78 is 5.09. The van der Waals surface area contributed by atoms with Crippen LogP contribution in [-0.4, -0.2) is 42.2 Å². The molecule has 35 heavy (non-hydrogen) atoms. The molecule has 3 rings (SSSR count). The minimum Gasteiger partial charge on any atom is -1.00 e. The normalized spacial score (nSPS) is 8.60. The highest BCUT2D eigenvalue weighted by Crippen LogP contribution is 1.97. The van der Waals surface area contributed by atoms with Gasteiger partial charge in [-0.1, -0.05) is 20.8 Å². The van der Waals surface area contributed by atoms with E-state index in [0.717, 1.165) is 37.1 Å². The highest BCUT2D eigenvalue weighted by atomic mass is 79.9. The van der Waals surface area contributed by atoms with E-state index in [2.05, 4.69) is 15.3 Å². The van der Waals surface area contributed by atoms with Crippen LogP contribution in [0.3, 0.4) is 0 Å². The van der Waals surface area contributed by atoms with E-state index in [1.165, 1.54) is 6.08 Å². The van der Waals surface area contributed by atoms with Crippen molar-refractivity contribution in [2.75, 3.05) is 6.54 Å². The Balaban J connectivity index is -0.000000391. The number of hydrogen-bond donors (Lipinski definition) is 1. The van der Waals surface area contributed by atoms with Gasteiger partial charge in [-0.05, 0) is 43.7 Å². The molecule has 3 aromatic heterocycles. The third-order valence-electron chi connectivity index (χ3n) is 3.48. The van der Waals surface area contributed by atoms with Crippen LogP contribution in [0.4, 0.5) is 0 Å². The minimum atomic E-state index is 0.